The van der Waals surface area contributed by atoms with Crippen LogP contribution in [-0.2, 0) is 11.3 Å². The van der Waals surface area contributed by atoms with E-state index in [-0.39, 0.29) is 12.5 Å². The van der Waals surface area contributed by atoms with Crippen LogP contribution in [0.1, 0.15) is 0 Å². The van der Waals surface area contributed by atoms with Gasteiger partial charge in [0.25, 0.3) is 0 Å². The van der Waals surface area contributed by atoms with Gasteiger partial charge in [-0.25, -0.2) is 0 Å². The van der Waals surface area contributed by atoms with Crippen LogP contribution in [0.4, 0.5) is 5.69 Å². The van der Waals surface area contributed by atoms with Crippen LogP contribution in [0.25, 0.3) is 10.9 Å². The van der Waals surface area contributed by atoms with Crippen molar-refractivity contribution in [2.24, 2.45) is 0 Å². The number of pyridine rings is 1. The maximum atomic E-state index is 11.8. The molecule has 3 aromatic rings. The molecule has 0 atom stereocenters. The molecule has 0 bridgehead atoms. The van der Waals surface area contributed by atoms with Crippen LogP contribution < -0.4 is 5.32 Å². The Hall–Kier alpha value is -2.69. The number of aromatic nitrogens is 3. The summed E-state index contributed by atoms with van der Waals surface area (Å²) in [6, 6.07) is 11.3. The van der Waals surface area contributed by atoms with E-state index in [9.17, 15) is 4.79 Å². The zero-order chi connectivity index (χ0) is 13.1. The van der Waals surface area contributed by atoms with Gasteiger partial charge in [0.2, 0.25) is 5.91 Å². The van der Waals surface area contributed by atoms with E-state index in [4.69, 9.17) is 0 Å². The molecule has 0 saturated carbocycles. The smallest absolute Gasteiger partial charge is 0.246 e. The minimum Gasteiger partial charge on any atom is -0.324 e. The number of anilines is 1. The molecule has 2 aromatic heterocycles. The standard InChI is InChI=1S/C14H12N4O/c19-14(10-18-8-2-7-16-18)17-12-4-5-13-11(9-12)3-1-6-15-13/h1-9H,10H2,(H,17,19). The van der Waals surface area contributed by atoms with Crippen molar-refractivity contribution < 1.29 is 4.79 Å². The highest BCUT2D eigenvalue weighted by atomic mass is 16.2. The van der Waals surface area contributed by atoms with Crippen LogP contribution in [0, 0.1) is 0 Å². The molecule has 5 nitrogen and oxygen atoms in total. The first-order valence-electron chi connectivity index (χ1n) is 5.93. The molecule has 0 fully saturated rings. The largest absolute Gasteiger partial charge is 0.324 e. The molecular weight excluding hydrogens is 240 g/mol. The summed E-state index contributed by atoms with van der Waals surface area (Å²) >= 11 is 0. The molecule has 0 saturated heterocycles. The average Bonchev–Trinajstić information content (AvgIpc) is 2.91. The lowest BCUT2D eigenvalue weighted by molar-refractivity contribution is -0.116. The van der Waals surface area contributed by atoms with E-state index in [2.05, 4.69) is 15.4 Å². The fourth-order valence-corrected chi connectivity index (χ4v) is 1.89. The van der Waals surface area contributed by atoms with Crippen LogP contribution >= 0.6 is 0 Å². The first-order chi connectivity index (χ1) is 9.31. The summed E-state index contributed by atoms with van der Waals surface area (Å²) in [4.78, 5) is 16.1. The van der Waals surface area contributed by atoms with Crippen molar-refractivity contribution in [3.8, 4) is 0 Å². The number of rotatable bonds is 3. The van der Waals surface area contributed by atoms with Gasteiger partial charge < -0.3 is 5.32 Å². The van der Waals surface area contributed by atoms with Crippen LogP contribution in [0.5, 0.6) is 0 Å². The van der Waals surface area contributed by atoms with Crippen LogP contribution in [0.2, 0.25) is 0 Å². The third-order valence-corrected chi connectivity index (χ3v) is 2.75. The SMILES string of the molecule is O=C(Cn1cccn1)Nc1ccc2ncccc2c1. The van der Waals surface area contributed by atoms with Crippen molar-refractivity contribution in [1.82, 2.24) is 14.8 Å². The Morgan fingerprint density at radius 3 is 3.00 bits per heavy atom. The van der Waals surface area contributed by atoms with Gasteiger partial charge in [0.1, 0.15) is 6.54 Å². The van der Waals surface area contributed by atoms with E-state index in [0.717, 1.165) is 16.6 Å². The van der Waals surface area contributed by atoms with Gasteiger partial charge in [0.05, 0.1) is 5.52 Å². The third kappa shape index (κ3) is 2.60. The molecule has 1 amide bonds. The van der Waals surface area contributed by atoms with Crippen molar-refractivity contribution in [3.63, 3.8) is 0 Å². The summed E-state index contributed by atoms with van der Waals surface area (Å²) in [7, 11) is 0. The van der Waals surface area contributed by atoms with E-state index < -0.39 is 0 Å². The second-order valence-electron chi connectivity index (χ2n) is 4.16. The molecule has 19 heavy (non-hydrogen) atoms. The van der Waals surface area contributed by atoms with Gasteiger partial charge in [0, 0.05) is 29.7 Å². The maximum Gasteiger partial charge on any atom is 0.246 e. The number of benzene rings is 1. The summed E-state index contributed by atoms with van der Waals surface area (Å²) < 4.78 is 1.58. The average molecular weight is 252 g/mol. The molecule has 0 aliphatic rings. The van der Waals surface area contributed by atoms with Crippen LogP contribution in [0.15, 0.2) is 55.0 Å². The number of carbonyl (C=O) groups is 1. The summed E-state index contributed by atoms with van der Waals surface area (Å²) in [5.41, 5.74) is 1.67. The molecular formula is C14H12N4O. The Kier molecular flexibility index (Phi) is 2.94. The van der Waals surface area contributed by atoms with Crippen molar-refractivity contribution in [3.05, 3.63) is 55.0 Å². The Balaban J connectivity index is 1.75. The summed E-state index contributed by atoms with van der Waals surface area (Å²) in [6.45, 7) is 0.206. The predicted octanol–water partition coefficient (Wildman–Crippen LogP) is 2.07. The van der Waals surface area contributed by atoms with Gasteiger partial charge >= 0.3 is 0 Å². The van der Waals surface area contributed by atoms with Crippen LogP contribution in [-0.4, -0.2) is 20.7 Å². The molecule has 3 rings (SSSR count). The topological polar surface area (TPSA) is 59.8 Å². The minimum atomic E-state index is -0.105. The molecule has 0 spiro atoms. The molecule has 0 unspecified atom stereocenters. The Labute approximate surface area is 109 Å². The minimum absolute atomic E-state index is 0.105. The molecule has 0 radical (unpaired) electrons. The first-order valence-corrected chi connectivity index (χ1v) is 5.93. The fraction of sp³-hybridized carbons (Fsp3) is 0.0714. The van der Waals surface area contributed by atoms with E-state index in [1.807, 2.05) is 30.3 Å². The van der Waals surface area contributed by atoms with Gasteiger partial charge in [-0.05, 0) is 30.3 Å². The molecule has 94 valence electrons. The zero-order valence-corrected chi connectivity index (χ0v) is 10.2. The third-order valence-electron chi connectivity index (χ3n) is 2.75. The molecule has 0 aliphatic heterocycles. The lowest BCUT2D eigenvalue weighted by atomic mass is 10.2. The van der Waals surface area contributed by atoms with Gasteiger partial charge in [0.15, 0.2) is 0 Å². The molecule has 0 aliphatic carbocycles. The van der Waals surface area contributed by atoms with Gasteiger partial charge in [-0.3, -0.25) is 14.5 Å². The van der Waals surface area contributed by atoms with E-state index in [0.29, 0.717) is 0 Å². The van der Waals surface area contributed by atoms with Crippen molar-refractivity contribution >= 4 is 22.5 Å². The zero-order valence-electron chi connectivity index (χ0n) is 10.2. The lowest BCUT2D eigenvalue weighted by Crippen LogP contribution is -2.18. The number of carbonyl (C=O) groups excluding carboxylic acids is 1. The highest BCUT2D eigenvalue weighted by Gasteiger charge is 2.04. The van der Waals surface area contributed by atoms with Gasteiger partial charge in [-0.2, -0.15) is 5.10 Å². The number of nitrogens with one attached hydrogen (secondary N) is 1. The van der Waals surface area contributed by atoms with Crippen molar-refractivity contribution in [2.75, 3.05) is 5.32 Å². The Morgan fingerprint density at radius 2 is 2.16 bits per heavy atom. The number of hydrogen-bond donors (Lipinski definition) is 1. The van der Waals surface area contributed by atoms with Crippen molar-refractivity contribution in [1.29, 1.82) is 0 Å². The monoisotopic (exact) mass is 252 g/mol. The quantitative estimate of drug-likeness (QED) is 0.776. The van der Waals surface area contributed by atoms with Crippen LogP contribution in [0.3, 0.4) is 0 Å². The first kappa shape index (κ1) is 11.4. The summed E-state index contributed by atoms with van der Waals surface area (Å²) in [5, 5.41) is 7.84. The van der Waals surface area contributed by atoms with E-state index >= 15 is 0 Å². The Bertz CT molecular complexity index is 706. The predicted molar refractivity (Wildman–Crippen MR) is 72.6 cm³/mol. The molecule has 1 N–H and O–H groups in total. The molecule has 1 aromatic carbocycles. The second-order valence-corrected chi connectivity index (χ2v) is 4.16. The van der Waals surface area contributed by atoms with E-state index in [1.54, 1.807) is 29.3 Å². The van der Waals surface area contributed by atoms with Crippen molar-refractivity contribution in [2.45, 2.75) is 6.54 Å². The highest BCUT2D eigenvalue weighted by molar-refractivity contribution is 5.93. The lowest BCUT2D eigenvalue weighted by Gasteiger charge is -2.06. The maximum absolute atomic E-state index is 11.8. The van der Waals surface area contributed by atoms with Gasteiger partial charge in [-0.1, -0.05) is 6.07 Å². The number of nitrogens with zero attached hydrogens (tertiary/aromatic N) is 3. The second kappa shape index (κ2) is 4.89. The normalized spacial score (nSPS) is 10.5. The fourth-order valence-electron chi connectivity index (χ4n) is 1.89. The summed E-state index contributed by atoms with van der Waals surface area (Å²) in [6.07, 6.45) is 5.15. The number of hydrogen-bond acceptors (Lipinski definition) is 3. The highest BCUT2D eigenvalue weighted by Crippen LogP contribution is 2.16. The Morgan fingerprint density at radius 1 is 1.21 bits per heavy atom. The number of fused-ring (bicyclic) bond motifs is 1. The molecule has 5 heteroatoms. The summed E-state index contributed by atoms with van der Waals surface area (Å²) in [5.74, 6) is -0.105. The molecule has 2 heterocycles. The number of amides is 1. The van der Waals surface area contributed by atoms with Gasteiger partial charge in [-0.15, -0.1) is 0 Å². The van der Waals surface area contributed by atoms with E-state index in [1.165, 1.54) is 0 Å².